The number of nitrogens with one attached hydrogen (secondary N) is 1. The summed E-state index contributed by atoms with van der Waals surface area (Å²) >= 11 is 7.50. The molecular weight excluding hydrogens is 346 g/mol. The molecule has 0 aliphatic heterocycles. The van der Waals surface area contributed by atoms with Crippen LogP contribution in [0, 0.1) is 13.8 Å². The van der Waals surface area contributed by atoms with Crippen molar-refractivity contribution in [2.24, 2.45) is 0 Å². The predicted octanol–water partition coefficient (Wildman–Crippen LogP) is 4.17. The number of fused-ring (bicyclic) bond motifs is 1. The van der Waals surface area contributed by atoms with Gasteiger partial charge >= 0.3 is 0 Å². The highest BCUT2D eigenvalue weighted by Gasteiger charge is 2.11. The Hall–Kier alpha value is -2.31. The Morgan fingerprint density at radius 3 is 2.96 bits per heavy atom. The van der Waals surface area contributed by atoms with Crippen molar-refractivity contribution >= 4 is 49.9 Å². The lowest BCUT2D eigenvalue weighted by atomic mass is 10.1. The fraction of sp³-hybridized carbons (Fsp3) is 0.176. The number of hydrogen-bond donors (Lipinski definition) is 2. The van der Waals surface area contributed by atoms with Crippen molar-refractivity contribution < 1.29 is 9.53 Å². The lowest BCUT2D eigenvalue weighted by Gasteiger charge is -2.11. The number of halogens is 1. The molecule has 24 heavy (non-hydrogen) atoms. The Kier molecular flexibility index (Phi) is 4.59. The van der Waals surface area contributed by atoms with Crippen LogP contribution < -0.4 is 15.8 Å². The first-order valence-corrected chi connectivity index (χ1v) is 8.48. The third-order valence-corrected chi connectivity index (χ3v) is 4.78. The fourth-order valence-corrected chi connectivity index (χ4v) is 3.42. The van der Waals surface area contributed by atoms with Crippen molar-refractivity contribution in [2.75, 3.05) is 17.7 Å². The summed E-state index contributed by atoms with van der Waals surface area (Å²) < 4.78 is 6.42. The van der Waals surface area contributed by atoms with E-state index in [-0.39, 0.29) is 12.5 Å². The molecule has 0 radical (unpaired) electrons. The topological polar surface area (TPSA) is 77.2 Å². The Labute approximate surface area is 148 Å². The van der Waals surface area contributed by atoms with E-state index >= 15 is 0 Å². The highest BCUT2D eigenvalue weighted by atomic mass is 35.5. The summed E-state index contributed by atoms with van der Waals surface area (Å²) in [6.45, 7) is 3.88. The summed E-state index contributed by atoms with van der Waals surface area (Å²) in [6.07, 6.45) is 0. The first-order chi connectivity index (χ1) is 11.4. The zero-order valence-electron chi connectivity index (χ0n) is 13.2. The van der Waals surface area contributed by atoms with Gasteiger partial charge in [-0.25, -0.2) is 4.98 Å². The van der Waals surface area contributed by atoms with Crippen LogP contribution in [-0.4, -0.2) is 17.5 Å². The zero-order valence-corrected chi connectivity index (χ0v) is 14.8. The minimum Gasteiger partial charge on any atom is -0.483 e. The molecule has 7 heteroatoms. The van der Waals surface area contributed by atoms with E-state index in [1.165, 1.54) is 11.3 Å². The third kappa shape index (κ3) is 3.44. The van der Waals surface area contributed by atoms with E-state index in [2.05, 4.69) is 10.3 Å². The monoisotopic (exact) mass is 361 g/mol. The molecule has 0 fully saturated rings. The van der Waals surface area contributed by atoms with Gasteiger partial charge in [-0.3, -0.25) is 4.79 Å². The maximum Gasteiger partial charge on any atom is 0.262 e. The summed E-state index contributed by atoms with van der Waals surface area (Å²) in [5, 5.41) is 3.67. The van der Waals surface area contributed by atoms with E-state index in [0.29, 0.717) is 27.1 Å². The van der Waals surface area contributed by atoms with E-state index in [9.17, 15) is 4.79 Å². The van der Waals surface area contributed by atoms with Gasteiger partial charge in [0, 0.05) is 5.69 Å². The van der Waals surface area contributed by atoms with Gasteiger partial charge in [-0.2, -0.15) is 0 Å². The van der Waals surface area contributed by atoms with Crippen molar-refractivity contribution in [2.45, 2.75) is 13.8 Å². The maximum absolute atomic E-state index is 12.1. The molecule has 3 N–H and O–H groups in total. The summed E-state index contributed by atoms with van der Waals surface area (Å²) in [7, 11) is 0. The number of carbonyl (C=O) groups is 1. The van der Waals surface area contributed by atoms with E-state index < -0.39 is 0 Å². The number of aromatic nitrogens is 1. The molecule has 0 saturated heterocycles. The molecule has 5 nitrogen and oxygen atoms in total. The Balaban J connectivity index is 1.69. The molecule has 0 unspecified atom stereocenters. The second kappa shape index (κ2) is 6.67. The summed E-state index contributed by atoms with van der Waals surface area (Å²) in [4.78, 5) is 16.3. The van der Waals surface area contributed by atoms with E-state index in [0.717, 1.165) is 15.8 Å². The molecule has 1 amide bonds. The Morgan fingerprint density at radius 2 is 2.17 bits per heavy atom. The van der Waals surface area contributed by atoms with Crippen LogP contribution in [0.15, 0.2) is 30.3 Å². The maximum atomic E-state index is 12.1. The number of aryl methyl sites for hydroxylation is 1. The van der Waals surface area contributed by atoms with Crippen molar-refractivity contribution in [1.82, 2.24) is 4.98 Å². The number of ether oxygens (including phenoxy) is 1. The number of thiazole rings is 1. The molecule has 1 aromatic heterocycles. The van der Waals surface area contributed by atoms with Crippen LogP contribution in [0.4, 0.5) is 10.8 Å². The number of nitrogen functional groups attached to an aromatic ring is 1. The molecule has 0 saturated carbocycles. The molecule has 124 valence electrons. The summed E-state index contributed by atoms with van der Waals surface area (Å²) in [5.74, 6) is 0.442. The first-order valence-electron chi connectivity index (χ1n) is 7.28. The van der Waals surface area contributed by atoms with Gasteiger partial charge in [0.25, 0.3) is 5.91 Å². The van der Waals surface area contributed by atoms with Gasteiger partial charge in [0.2, 0.25) is 0 Å². The quantitative estimate of drug-likeness (QED) is 0.731. The zero-order chi connectivity index (χ0) is 17.3. The minimum atomic E-state index is -0.260. The molecule has 0 aliphatic rings. The highest BCUT2D eigenvalue weighted by Crippen LogP contribution is 2.32. The number of anilines is 2. The van der Waals surface area contributed by atoms with E-state index in [4.69, 9.17) is 22.1 Å². The Bertz CT molecular complexity index is 924. The lowest BCUT2D eigenvalue weighted by Crippen LogP contribution is -2.20. The van der Waals surface area contributed by atoms with Gasteiger partial charge in [-0.05, 0) is 43.2 Å². The number of amides is 1. The average Bonchev–Trinajstić information content (AvgIpc) is 2.90. The van der Waals surface area contributed by atoms with Gasteiger partial charge in [-0.1, -0.05) is 35.1 Å². The molecule has 0 bridgehead atoms. The second-order valence-corrected chi connectivity index (χ2v) is 6.86. The molecule has 3 rings (SSSR count). The van der Waals surface area contributed by atoms with Crippen LogP contribution >= 0.6 is 22.9 Å². The molecule has 0 spiro atoms. The number of benzene rings is 2. The Morgan fingerprint density at radius 1 is 1.38 bits per heavy atom. The number of nitrogens with two attached hydrogens (primary N) is 1. The normalized spacial score (nSPS) is 10.8. The van der Waals surface area contributed by atoms with Crippen LogP contribution in [0.1, 0.15) is 11.1 Å². The third-order valence-electron chi connectivity index (χ3n) is 3.66. The van der Waals surface area contributed by atoms with Crippen LogP contribution in [0.5, 0.6) is 5.75 Å². The molecule has 2 aromatic carbocycles. The number of rotatable bonds is 4. The second-order valence-electron chi connectivity index (χ2n) is 5.39. The highest BCUT2D eigenvalue weighted by molar-refractivity contribution is 7.22. The molecule has 3 aromatic rings. The minimum absolute atomic E-state index is 0.0786. The van der Waals surface area contributed by atoms with Gasteiger partial charge < -0.3 is 15.8 Å². The molecule has 1 heterocycles. The van der Waals surface area contributed by atoms with Crippen LogP contribution in [0.2, 0.25) is 5.02 Å². The number of hydrogen-bond acceptors (Lipinski definition) is 5. The average molecular weight is 362 g/mol. The predicted molar refractivity (Wildman–Crippen MR) is 99.1 cm³/mol. The van der Waals surface area contributed by atoms with Crippen molar-refractivity contribution in [3.63, 3.8) is 0 Å². The van der Waals surface area contributed by atoms with Crippen molar-refractivity contribution in [1.29, 1.82) is 0 Å². The smallest absolute Gasteiger partial charge is 0.262 e. The van der Waals surface area contributed by atoms with E-state index in [1.54, 1.807) is 12.1 Å². The molecular formula is C17H16ClN3O2S. The SMILES string of the molecule is Cc1cccc(OCC(=O)Nc2cc(Cl)c3nc(N)sc3c2)c1C. The molecule has 0 aliphatic carbocycles. The lowest BCUT2D eigenvalue weighted by molar-refractivity contribution is -0.118. The first kappa shape index (κ1) is 16.5. The number of nitrogens with zero attached hydrogens (tertiary/aromatic N) is 1. The molecule has 0 atom stereocenters. The van der Waals surface area contributed by atoms with Gasteiger partial charge in [0.05, 0.1) is 9.72 Å². The summed E-state index contributed by atoms with van der Waals surface area (Å²) in [6, 6.07) is 9.19. The van der Waals surface area contributed by atoms with E-state index in [1.807, 2.05) is 32.0 Å². The van der Waals surface area contributed by atoms with Crippen LogP contribution in [0.3, 0.4) is 0 Å². The van der Waals surface area contributed by atoms with Gasteiger partial charge in [-0.15, -0.1) is 0 Å². The number of carbonyl (C=O) groups excluding carboxylic acids is 1. The van der Waals surface area contributed by atoms with Crippen LogP contribution in [-0.2, 0) is 4.79 Å². The van der Waals surface area contributed by atoms with Crippen molar-refractivity contribution in [3.05, 3.63) is 46.5 Å². The standard InChI is InChI=1S/C17H16ClN3O2S/c1-9-4-3-5-13(10(9)2)23-8-15(22)20-11-6-12(18)16-14(7-11)24-17(19)21-16/h3-7H,8H2,1-2H3,(H2,19,21)(H,20,22). The fourth-order valence-electron chi connectivity index (χ4n) is 2.30. The van der Waals surface area contributed by atoms with Crippen molar-refractivity contribution in [3.8, 4) is 5.75 Å². The largest absolute Gasteiger partial charge is 0.483 e. The summed E-state index contributed by atoms with van der Waals surface area (Å²) in [5.41, 5.74) is 9.06. The van der Waals surface area contributed by atoms with Gasteiger partial charge in [0.1, 0.15) is 11.3 Å². The van der Waals surface area contributed by atoms with Gasteiger partial charge in [0.15, 0.2) is 11.7 Å². The van der Waals surface area contributed by atoms with Crippen LogP contribution in [0.25, 0.3) is 10.2 Å².